The highest BCUT2D eigenvalue weighted by atomic mass is 32.2. The molecule has 8 heterocycles. The number of anilines is 1. The van der Waals surface area contributed by atoms with Gasteiger partial charge in [0.2, 0.25) is 12.2 Å². The number of ether oxygens (including phenoxy) is 3. The number of carbonyl (C=O) groups excluding carboxylic acids is 3. The Morgan fingerprint density at radius 2 is 1.66 bits per heavy atom. The Morgan fingerprint density at radius 3 is 2.29 bits per heavy atom. The minimum Gasteiger partial charge on any atom is -0.493 e. The van der Waals surface area contributed by atoms with E-state index in [-0.39, 0.29) is 51.8 Å². The van der Waals surface area contributed by atoms with E-state index in [4.69, 9.17) is 26.4 Å². The lowest BCUT2D eigenvalue weighted by Gasteiger charge is -2.58. The zero-order valence-corrected chi connectivity index (χ0v) is 50.6. The Bertz CT molecular complexity index is 3330. The van der Waals surface area contributed by atoms with Crippen molar-refractivity contribution in [3.05, 3.63) is 129 Å². The van der Waals surface area contributed by atoms with Crippen LogP contribution in [0.25, 0.3) is 0 Å². The van der Waals surface area contributed by atoms with Gasteiger partial charge in [0.1, 0.15) is 17.1 Å². The lowest BCUT2D eigenvalue weighted by molar-refractivity contribution is -0.392. The maximum Gasteiger partial charge on any atom is 0.396 e. The van der Waals surface area contributed by atoms with Crippen LogP contribution >= 0.6 is 24.0 Å². The molecule has 5 aromatic rings. The Kier molecular flexibility index (Phi) is 17.4. The van der Waals surface area contributed by atoms with Crippen LogP contribution in [-0.2, 0) is 33.2 Å². The van der Waals surface area contributed by atoms with Gasteiger partial charge in [-0.05, 0) is 114 Å². The molecule has 2 N–H and O–H groups in total. The summed E-state index contributed by atoms with van der Waals surface area (Å²) in [6.45, 7) is 17.3. The highest BCUT2D eigenvalue weighted by Crippen LogP contribution is 2.67. The monoisotopic (exact) mass is 1160 g/mol. The number of imidazole rings is 1. The van der Waals surface area contributed by atoms with Crippen molar-refractivity contribution < 1.29 is 33.5 Å². The van der Waals surface area contributed by atoms with Crippen molar-refractivity contribution in [1.29, 1.82) is 0 Å². The molecule has 3 aliphatic carbocycles. The number of amides is 1. The van der Waals surface area contributed by atoms with Gasteiger partial charge in [0.05, 0.1) is 45.1 Å². The van der Waals surface area contributed by atoms with E-state index in [1.807, 2.05) is 87.5 Å². The number of Topliss-reactive ketones (excluding diaryl/α,β-unsaturated/α-hetero) is 2. The summed E-state index contributed by atoms with van der Waals surface area (Å²) in [5.74, 6) is 4.32. The number of aromatic nitrogens is 4. The molecule has 18 nitrogen and oxygen atoms in total. The zero-order valence-electron chi connectivity index (χ0n) is 48.9. The van der Waals surface area contributed by atoms with Crippen molar-refractivity contribution in [2.24, 2.45) is 40.6 Å². The summed E-state index contributed by atoms with van der Waals surface area (Å²) in [5, 5.41) is 18.7. The number of methoxy groups -OCH3 is 2. The smallest absolute Gasteiger partial charge is 0.396 e. The summed E-state index contributed by atoms with van der Waals surface area (Å²) in [6.07, 6.45) is 13.6. The second kappa shape index (κ2) is 24.4. The van der Waals surface area contributed by atoms with Gasteiger partial charge in [0.25, 0.3) is 0 Å². The Hall–Kier alpha value is -6.87. The molecule has 3 saturated carbocycles. The van der Waals surface area contributed by atoms with Gasteiger partial charge in [0, 0.05) is 91.6 Å². The summed E-state index contributed by atoms with van der Waals surface area (Å²) in [7, 11) is 5.07. The number of hydrogen-bond donors (Lipinski definition) is 2. The van der Waals surface area contributed by atoms with Gasteiger partial charge >= 0.3 is 5.82 Å². The van der Waals surface area contributed by atoms with E-state index in [0.29, 0.717) is 70.6 Å². The molecule has 2 aromatic heterocycles. The predicted octanol–water partition coefficient (Wildman–Crippen LogP) is 10.2. The lowest BCUT2D eigenvalue weighted by atomic mass is 9.53. The molecule has 438 valence electrons. The fraction of sp³-hybridized carbons (Fsp3) is 0.492. The van der Waals surface area contributed by atoms with Crippen molar-refractivity contribution in [2.75, 3.05) is 51.9 Å². The molecule has 1 spiro atoms. The number of aryl methyl sites for hydroxylation is 1. The number of nitrogens with zero attached hydrogens (tertiary/aromatic N) is 8. The van der Waals surface area contributed by atoms with Gasteiger partial charge in [-0.3, -0.25) is 19.3 Å². The van der Waals surface area contributed by atoms with Crippen LogP contribution in [0.4, 0.5) is 17.3 Å². The third kappa shape index (κ3) is 10.8. The first kappa shape index (κ1) is 59.3. The molecule has 9 aliphatic rings. The number of fused-ring (bicyclic) bond motifs is 5. The fourth-order valence-electron chi connectivity index (χ4n) is 14.6. The van der Waals surface area contributed by atoms with E-state index >= 15 is 0 Å². The van der Waals surface area contributed by atoms with Gasteiger partial charge in [-0.25, -0.2) is 15.0 Å². The lowest BCUT2D eigenvalue weighted by Crippen LogP contribution is -2.69. The van der Waals surface area contributed by atoms with E-state index in [0.717, 1.165) is 78.7 Å². The van der Waals surface area contributed by atoms with Crippen molar-refractivity contribution in [3.8, 4) is 11.5 Å². The molecule has 3 aromatic carbocycles. The highest BCUT2D eigenvalue weighted by molar-refractivity contribution is 7.99. The van der Waals surface area contributed by atoms with Gasteiger partial charge in [-0.2, -0.15) is 0 Å². The molecule has 83 heavy (non-hydrogen) atoms. The first-order valence-electron chi connectivity index (χ1n) is 28.9. The largest absolute Gasteiger partial charge is 0.493 e. The van der Waals surface area contributed by atoms with Crippen LogP contribution in [0.5, 0.6) is 11.5 Å². The fourth-order valence-corrected chi connectivity index (χ4v) is 15.9. The molecule has 0 radical (unpaired) electrons. The number of benzene rings is 3. The Labute approximate surface area is 495 Å². The number of nitro groups is 1. The molecule has 20 heteroatoms. The summed E-state index contributed by atoms with van der Waals surface area (Å²) >= 11 is 6.04. The van der Waals surface area contributed by atoms with Gasteiger partial charge in [-0.15, -0.1) is 0 Å². The average Bonchev–Trinajstić information content (AvgIpc) is 1.58. The average molecular weight is 1170 g/mol. The molecule has 6 fully saturated rings. The van der Waals surface area contributed by atoms with E-state index in [1.54, 1.807) is 37.6 Å². The number of thiocarbonyl (C=S) groups is 1. The van der Waals surface area contributed by atoms with Crippen LogP contribution in [-0.4, -0.2) is 123 Å². The Balaban J connectivity index is 0.000000125. The minimum atomic E-state index is -0.500. The normalized spacial score (nSPS) is 26.6. The standard InChI is InChI=1S/C23H26N2O4.C15H14O.C10H8N6O2S.C10H16O.C5H12N2S/c1-27-16-8-14-15(9-17(16)28-2)25-20(26)10-18-21-13-7-19-23(14,22(21)25)4-5-24(19)11-12(13)3-6-29-18;1-12(13-8-4-2-5-9-13)15(16)14-10-6-3-7-11-14;1-15-5-14-8(16(17)18)10(15)19-9-6-2-3-11-7(6)12-4-13-9;1-9(2)7-4-5-10(9,3)8(11)6-7;1-3-6-5(8)7-4-2/h3,8-9,13,18-19,21-22H,4-7,10-11H2,1-2H3;2-12H,1H3;3-5H,2H2,1H3;7H,4-6H2,1-3H3;3-4H2,1-2H3,(H2,6,7,8)/t13-,18?,19-,21-,22?,23-;;;;/m1..../s1. The zero-order chi connectivity index (χ0) is 59.0. The van der Waals surface area contributed by atoms with E-state index < -0.39 is 4.92 Å². The van der Waals surface area contributed by atoms with Gasteiger partial charge in [-0.1, -0.05) is 100 Å². The van der Waals surface area contributed by atoms with Crippen LogP contribution in [0.1, 0.15) is 113 Å². The van der Waals surface area contributed by atoms with Crippen molar-refractivity contribution >= 4 is 70.1 Å². The second-order valence-corrected chi connectivity index (χ2v) is 24.9. The van der Waals surface area contributed by atoms with Crippen LogP contribution in [0.15, 0.2) is 112 Å². The van der Waals surface area contributed by atoms with Crippen LogP contribution in [0, 0.1) is 38.7 Å². The van der Waals surface area contributed by atoms with E-state index in [1.165, 1.54) is 42.8 Å². The third-order valence-corrected chi connectivity index (χ3v) is 20.8. The minimum absolute atomic E-state index is 0.0242. The molecule has 5 unspecified atom stereocenters. The Morgan fingerprint density at radius 1 is 0.964 bits per heavy atom. The summed E-state index contributed by atoms with van der Waals surface area (Å²) < 4.78 is 19.2. The topological polar surface area (TPSA) is 209 Å². The summed E-state index contributed by atoms with van der Waals surface area (Å²) in [5.41, 5.74) is 6.89. The van der Waals surface area contributed by atoms with Gasteiger partial charge < -0.3 is 44.4 Å². The molecule has 9 atom stereocenters. The molecular weight excluding hydrogens is 1090 g/mol. The van der Waals surface area contributed by atoms with Crippen molar-refractivity contribution in [3.63, 3.8) is 0 Å². The van der Waals surface area contributed by atoms with E-state index in [9.17, 15) is 24.5 Å². The molecule has 3 saturated heterocycles. The van der Waals surface area contributed by atoms with Crippen LogP contribution in [0.3, 0.4) is 0 Å². The number of ketones is 2. The molecule has 6 aliphatic heterocycles. The highest BCUT2D eigenvalue weighted by Gasteiger charge is 2.71. The first-order valence-corrected chi connectivity index (χ1v) is 30.2. The molecule has 14 rings (SSSR count). The number of hydrogen-bond acceptors (Lipinski definition) is 15. The number of aliphatic imine (C=N–C) groups is 1. The quantitative estimate of drug-likeness (QED) is 0.0333. The SMILES string of the molecule is CC(C(=O)c1ccccc1)c1ccccc1.CC12CCC(CC1=O)C2(C)C.CCNC(=S)NCC.COc1cc2c(cc1OC)[C@@]13CCN4CC5=CCOC6CC(=O)N2C1[C@@H]6[C@@H]5C[C@@H]43.Cn1cnc([N+](=O)[O-])c1Sc1ncnc2c1CC=N2. The predicted molar refractivity (Wildman–Crippen MR) is 324 cm³/mol. The molecule has 1 amide bonds. The number of carbonyl (C=O) groups is 3. The third-order valence-electron chi connectivity index (χ3n) is 19.3. The summed E-state index contributed by atoms with van der Waals surface area (Å²) in [6, 6.07) is 24.2. The summed E-state index contributed by atoms with van der Waals surface area (Å²) in [4.78, 5) is 68.5. The van der Waals surface area contributed by atoms with Crippen LogP contribution < -0.4 is 25.0 Å². The van der Waals surface area contributed by atoms with Gasteiger partial charge in [0.15, 0.2) is 33.2 Å². The van der Waals surface area contributed by atoms with Crippen molar-refractivity contribution in [1.82, 2.24) is 35.1 Å². The van der Waals surface area contributed by atoms with Crippen molar-refractivity contribution in [2.45, 2.75) is 126 Å². The number of nitrogens with one attached hydrogen (secondary N) is 2. The number of rotatable bonds is 10. The van der Waals surface area contributed by atoms with E-state index in [2.05, 4.69) is 73.3 Å². The second-order valence-electron chi connectivity index (χ2n) is 23.5. The molecular formula is C63H76N10O8S2. The van der Waals surface area contributed by atoms with Crippen LogP contribution in [0.2, 0.25) is 0 Å². The number of piperidine rings is 2. The maximum atomic E-state index is 13.5. The maximum absolute atomic E-state index is 13.5. The molecule has 4 bridgehead atoms. The first-order chi connectivity index (χ1) is 39.9.